The van der Waals surface area contributed by atoms with Crippen LogP contribution in [0.4, 0.5) is 0 Å². The molecule has 0 saturated carbocycles. The van der Waals surface area contributed by atoms with E-state index in [1.165, 1.54) is 0 Å². The summed E-state index contributed by atoms with van der Waals surface area (Å²) < 4.78 is 0. The Bertz CT molecular complexity index is 173. The fraction of sp³-hybridized carbons (Fsp3) is 0.600. The molecule has 0 aromatic heterocycles. The van der Waals surface area contributed by atoms with E-state index in [-0.39, 0.29) is 0 Å². The Hall–Kier alpha value is -0.760. The second-order valence-corrected chi connectivity index (χ2v) is 3.67. The number of allylic oxidation sites excluding steroid dienone is 2. The van der Waals surface area contributed by atoms with E-state index in [0.717, 1.165) is 18.3 Å². The van der Waals surface area contributed by atoms with Crippen molar-refractivity contribution >= 4 is 0 Å². The molecular weight excluding hydrogens is 152 g/mol. The molecule has 0 atom stereocenters. The zero-order valence-corrected chi connectivity index (χ0v) is 8.04. The van der Waals surface area contributed by atoms with Crippen molar-refractivity contribution < 1.29 is 10.2 Å². The van der Waals surface area contributed by atoms with Gasteiger partial charge in [-0.2, -0.15) is 0 Å². The van der Waals surface area contributed by atoms with E-state index < -0.39 is 5.60 Å². The first-order valence-corrected chi connectivity index (χ1v) is 4.13. The Balaban J connectivity index is 3.65. The van der Waals surface area contributed by atoms with E-state index in [1.54, 1.807) is 13.8 Å². The van der Waals surface area contributed by atoms with Gasteiger partial charge in [0.1, 0.15) is 0 Å². The molecule has 0 rings (SSSR count). The van der Waals surface area contributed by atoms with Crippen LogP contribution in [0.3, 0.4) is 0 Å². The molecule has 0 bridgehead atoms. The topological polar surface area (TPSA) is 40.5 Å². The standard InChI is InChI=1S/C10H18O2/c1-9(8-11)6-4-5-7-10(2,3)12/h4-5,8,11-12H,6-7H2,1-3H3. The summed E-state index contributed by atoms with van der Waals surface area (Å²) in [6.45, 7) is 5.40. The molecule has 0 aliphatic heterocycles. The molecule has 0 aliphatic carbocycles. The molecule has 0 aromatic rings. The number of aliphatic hydroxyl groups excluding tert-OH is 1. The van der Waals surface area contributed by atoms with E-state index in [1.807, 2.05) is 19.1 Å². The highest BCUT2D eigenvalue weighted by molar-refractivity contribution is 5.01. The van der Waals surface area contributed by atoms with Crippen LogP contribution < -0.4 is 0 Å². The maximum absolute atomic E-state index is 9.32. The zero-order valence-electron chi connectivity index (χ0n) is 8.04. The van der Waals surface area contributed by atoms with Gasteiger partial charge in [0, 0.05) is 0 Å². The minimum absolute atomic E-state index is 0.632. The number of aliphatic hydroxyl groups is 2. The molecule has 0 saturated heterocycles. The van der Waals surface area contributed by atoms with Gasteiger partial charge < -0.3 is 10.2 Å². The van der Waals surface area contributed by atoms with Crippen LogP contribution in [0.2, 0.25) is 0 Å². The van der Waals surface area contributed by atoms with E-state index in [0.29, 0.717) is 6.42 Å². The van der Waals surface area contributed by atoms with Gasteiger partial charge in [0.15, 0.2) is 0 Å². The maximum atomic E-state index is 9.32. The van der Waals surface area contributed by atoms with Crippen molar-refractivity contribution in [3.63, 3.8) is 0 Å². The van der Waals surface area contributed by atoms with Crippen molar-refractivity contribution in [2.75, 3.05) is 0 Å². The molecular formula is C10H18O2. The molecule has 0 fully saturated rings. The molecule has 2 N–H and O–H groups in total. The minimum atomic E-state index is -0.632. The van der Waals surface area contributed by atoms with E-state index >= 15 is 0 Å². The van der Waals surface area contributed by atoms with E-state index in [4.69, 9.17) is 5.11 Å². The van der Waals surface area contributed by atoms with Crippen LogP contribution in [0.5, 0.6) is 0 Å². The van der Waals surface area contributed by atoms with Crippen molar-refractivity contribution in [2.24, 2.45) is 0 Å². The predicted molar refractivity (Wildman–Crippen MR) is 51.1 cm³/mol. The molecule has 0 spiro atoms. The van der Waals surface area contributed by atoms with Crippen LogP contribution in [0.25, 0.3) is 0 Å². The lowest BCUT2D eigenvalue weighted by Gasteiger charge is -2.13. The van der Waals surface area contributed by atoms with Gasteiger partial charge in [0.2, 0.25) is 0 Å². The van der Waals surface area contributed by atoms with Gasteiger partial charge >= 0.3 is 0 Å². The minimum Gasteiger partial charge on any atom is -0.516 e. The zero-order chi connectivity index (χ0) is 9.61. The maximum Gasteiger partial charge on any atom is 0.0783 e. The monoisotopic (exact) mass is 170 g/mol. The fourth-order valence-corrected chi connectivity index (χ4v) is 0.694. The fourth-order valence-electron chi connectivity index (χ4n) is 0.694. The van der Waals surface area contributed by atoms with Crippen LogP contribution in [0.1, 0.15) is 33.6 Å². The lowest BCUT2D eigenvalue weighted by molar-refractivity contribution is 0.0838. The van der Waals surface area contributed by atoms with E-state index in [2.05, 4.69) is 0 Å². The van der Waals surface area contributed by atoms with Crippen LogP contribution >= 0.6 is 0 Å². The molecule has 70 valence electrons. The first kappa shape index (κ1) is 11.2. The summed E-state index contributed by atoms with van der Waals surface area (Å²) in [5.41, 5.74) is 0.287. The van der Waals surface area contributed by atoms with Gasteiger partial charge in [-0.1, -0.05) is 12.2 Å². The normalized spacial score (nSPS) is 14.2. The summed E-state index contributed by atoms with van der Waals surface area (Å²) in [5, 5.41) is 17.9. The highest BCUT2D eigenvalue weighted by Gasteiger charge is 2.08. The summed E-state index contributed by atoms with van der Waals surface area (Å²) in [6, 6.07) is 0. The number of hydrogen-bond acceptors (Lipinski definition) is 2. The van der Waals surface area contributed by atoms with Crippen molar-refractivity contribution in [3.05, 3.63) is 24.0 Å². The molecule has 2 nitrogen and oxygen atoms in total. The molecule has 12 heavy (non-hydrogen) atoms. The lowest BCUT2D eigenvalue weighted by Crippen LogP contribution is -2.16. The number of hydrogen-bond donors (Lipinski definition) is 2. The Morgan fingerprint density at radius 2 is 1.92 bits per heavy atom. The third kappa shape index (κ3) is 7.35. The average Bonchev–Trinajstić information content (AvgIpc) is 1.96. The highest BCUT2D eigenvalue weighted by Crippen LogP contribution is 2.08. The van der Waals surface area contributed by atoms with Crippen molar-refractivity contribution in [1.82, 2.24) is 0 Å². The van der Waals surface area contributed by atoms with Crippen LogP contribution in [-0.4, -0.2) is 15.8 Å². The van der Waals surface area contributed by atoms with Gasteiger partial charge in [0.25, 0.3) is 0 Å². The molecule has 0 aromatic carbocycles. The summed E-state index contributed by atoms with van der Waals surface area (Å²) in [5.74, 6) is 0. The summed E-state index contributed by atoms with van der Waals surface area (Å²) in [6.07, 6.45) is 6.36. The van der Waals surface area contributed by atoms with Crippen molar-refractivity contribution in [1.29, 1.82) is 0 Å². The second kappa shape index (κ2) is 4.99. The third-order valence-electron chi connectivity index (χ3n) is 1.44. The van der Waals surface area contributed by atoms with Crippen LogP contribution in [0, 0.1) is 0 Å². The second-order valence-electron chi connectivity index (χ2n) is 3.67. The molecule has 0 unspecified atom stereocenters. The quantitative estimate of drug-likeness (QED) is 0.503. The van der Waals surface area contributed by atoms with Crippen molar-refractivity contribution in [3.8, 4) is 0 Å². The molecule has 2 heteroatoms. The average molecular weight is 170 g/mol. The van der Waals surface area contributed by atoms with Gasteiger partial charge in [-0.25, -0.2) is 0 Å². The molecule has 0 aliphatic rings. The van der Waals surface area contributed by atoms with Gasteiger partial charge in [0.05, 0.1) is 11.9 Å². The molecule has 0 heterocycles. The summed E-state index contributed by atoms with van der Waals surface area (Å²) in [4.78, 5) is 0. The van der Waals surface area contributed by atoms with Crippen LogP contribution in [0.15, 0.2) is 24.0 Å². The Kier molecular flexibility index (Phi) is 4.67. The predicted octanol–water partition coefficient (Wildman–Crippen LogP) is 2.56. The third-order valence-corrected chi connectivity index (χ3v) is 1.44. The Morgan fingerprint density at radius 3 is 2.33 bits per heavy atom. The van der Waals surface area contributed by atoms with Crippen molar-refractivity contribution in [2.45, 2.75) is 39.2 Å². The highest BCUT2D eigenvalue weighted by atomic mass is 16.3. The smallest absolute Gasteiger partial charge is 0.0783 e. The summed E-state index contributed by atoms with van der Waals surface area (Å²) >= 11 is 0. The van der Waals surface area contributed by atoms with E-state index in [9.17, 15) is 5.11 Å². The van der Waals surface area contributed by atoms with Gasteiger partial charge in [-0.05, 0) is 39.2 Å². The summed E-state index contributed by atoms with van der Waals surface area (Å²) in [7, 11) is 0. The molecule has 0 amide bonds. The van der Waals surface area contributed by atoms with Gasteiger partial charge in [-0.15, -0.1) is 0 Å². The SMILES string of the molecule is CC(=CO)CC=CCC(C)(C)O. The Morgan fingerprint density at radius 1 is 1.33 bits per heavy atom. The lowest BCUT2D eigenvalue weighted by atomic mass is 10.1. The first-order chi connectivity index (χ1) is 5.45. The number of rotatable bonds is 4. The van der Waals surface area contributed by atoms with Crippen LogP contribution in [-0.2, 0) is 0 Å². The Labute approximate surface area is 74.2 Å². The largest absolute Gasteiger partial charge is 0.516 e. The molecule has 0 radical (unpaired) electrons. The first-order valence-electron chi connectivity index (χ1n) is 4.13. The van der Waals surface area contributed by atoms with Gasteiger partial charge in [-0.3, -0.25) is 0 Å².